The summed E-state index contributed by atoms with van der Waals surface area (Å²) in [4.78, 5) is 11.9. The molecule has 1 fully saturated rings. The third kappa shape index (κ3) is 6.35. The first-order chi connectivity index (χ1) is 17.2. The van der Waals surface area contributed by atoms with Crippen LogP contribution in [0.3, 0.4) is 0 Å². The largest absolute Gasteiger partial charge is 0.507 e. The molecule has 1 heterocycles. The van der Waals surface area contributed by atoms with Crippen LogP contribution in [-0.2, 0) is 4.79 Å². The molecule has 2 aromatic carbocycles. The zero-order valence-corrected chi connectivity index (χ0v) is 24.7. The lowest BCUT2D eigenvalue weighted by Crippen LogP contribution is -2.27. The fraction of sp³-hybridized carbons (Fsp3) is 0.581. The molecule has 5 heteroatoms. The van der Waals surface area contributed by atoms with Crippen LogP contribution in [0.15, 0.2) is 12.1 Å². The van der Waals surface area contributed by atoms with Gasteiger partial charge in [0.05, 0.1) is 5.92 Å². The van der Waals surface area contributed by atoms with Gasteiger partial charge in [-0.05, 0) is 69.7 Å². The van der Waals surface area contributed by atoms with Crippen LogP contribution in [0.1, 0.15) is 114 Å². The van der Waals surface area contributed by atoms with Gasteiger partial charge in [0.25, 0.3) is 0 Å². The number of hydrogen-bond acceptors (Lipinski definition) is 4. The Bertz CT molecular complexity index is 930. The molecule has 4 rings (SSSR count). The van der Waals surface area contributed by atoms with Crippen molar-refractivity contribution in [2.45, 2.75) is 108 Å². The fourth-order valence-electron chi connectivity index (χ4n) is 5.13. The standard InChI is InChI=1S/C23H26O5.4C2H6/c1-10-8-16-18(14-6-5-7-15(14)23(26)27)17-9-11(2)20(25)13(4)22(17)28-21(16)12(3)19(10)24;4*1-2/h8-9,14-15,18,24-25H,5-7H2,1-4H3,(H,26,27);4*1-2H3. The molecule has 0 bridgehead atoms. The Balaban J connectivity index is 0.00000140. The minimum absolute atomic E-state index is 0.0504. The number of hydrogen-bond donors (Lipinski definition) is 3. The van der Waals surface area contributed by atoms with Crippen LogP contribution in [0.4, 0.5) is 0 Å². The molecular weight excluding hydrogens is 452 g/mol. The van der Waals surface area contributed by atoms with Crippen molar-refractivity contribution >= 4 is 5.97 Å². The van der Waals surface area contributed by atoms with Crippen LogP contribution in [0.25, 0.3) is 0 Å². The number of ether oxygens (including phenoxy) is 1. The quantitative estimate of drug-likeness (QED) is 0.381. The van der Waals surface area contributed by atoms with E-state index in [9.17, 15) is 20.1 Å². The molecule has 3 N–H and O–H groups in total. The van der Waals surface area contributed by atoms with Crippen molar-refractivity contribution < 1.29 is 24.9 Å². The molecule has 5 nitrogen and oxygen atoms in total. The molecule has 1 aliphatic carbocycles. The molecule has 2 unspecified atom stereocenters. The number of carbonyl (C=O) groups is 1. The minimum Gasteiger partial charge on any atom is -0.507 e. The molecule has 0 amide bonds. The van der Waals surface area contributed by atoms with Gasteiger partial charge in [-0.3, -0.25) is 4.79 Å². The maximum absolute atomic E-state index is 11.9. The Morgan fingerprint density at radius 1 is 0.750 bits per heavy atom. The average Bonchev–Trinajstić information content (AvgIpc) is 3.40. The highest BCUT2D eigenvalue weighted by atomic mass is 16.5. The van der Waals surface area contributed by atoms with Crippen LogP contribution < -0.4 is 4.74 Å². The molecule has 1 aliphatic heterocycles. The summed E-state index contributed by atoms with van der Waals surface area (Å²) >= 11 is 0. The van der Waals surface area contributed by atoms with Crippen molar-refractivity contribution in [1.82, 2.24) is 0 Å². The first-order valence-electron chi connectivity index (χ1n) is 13.8. The van der Waals surface area contributed by atoms with Crippen LogP contribution >= 0.6 is 0 Å². The van der Waals surface area contributed by atoms with Crippen LogP contribution in [0.2, 0.25) is 0 Å². The van der Waals surface area contributed by atoms with E-state index in [1.807, 2.05) is 95.2 Å². The Morgan fingerprint density at radius 2 is 1.14 bits per heavy atom. The highest BCUT2D eigenvalue weighted by molar-refractivity contribution is 5.72. The van der Waals surface area contributed by atoms with E-state index in [1.165, 1.54) is 0 Å². The average molecular weight is 503 g/mol. The van der Waals surface area contributed by atoms with E-state index in [2.05, 4.69) is 0 Å². The smallest absolute Gasteiger partial charge is 0.306 e. The number of aryl methyl sites for hydroxylation is 2. The van der Waals surface area contributed by atoms with Gasteiger partial charge in [-0.1, -0.05) is 61.8 Å². The normalized spacial score (nSPS) is 17.1. The summed E-state index contributed by atoms with van der Waals surface area (Å²) in [5.41, 5.74) is 4.67. The van der Waals surface area contributed by atoms with E-state index in [-0.39, 0.29) is 23.3 Å². The van der Waals surface area contributed by atoms with Crippen molar-refractivity contribution in [1.29, 1.82) is 0 Å². The lowest BCUT2D eigenvalue weighted by atomic mass is 9.72. The van der Waals surface area contributed by atoms with E-state index in [0.717, 1.165) is 35.1 Å². The van der Waals surface area contributed by atoms with Gasteiger partial charge >= 0.3 is 5.97 Å². The topological polar surface area (TPSA) is 87.0 Å². The number of benzene rings is 2. The summed E-state index contributed by atoms with van der Waals surface area (Å²) in [7, 11) is 0. The summed E-state index contributed by atoms with van der Waals surface area (Å²) in [6.07, 6.45) is 2.39. The fourth-order valence-corrected chi connectivity index (χ4v) is 5.13. The maximum atomic E-state index is 11.9. The first kappa shape index (κ1) is 33.3. The third-order valence-electron chi connectivity index (χ3n) is 6.60. The number of phenolic OH excluding ortho intramolecular Hbond substituents is 2. The summed E-state index contributed by atoms with van der Waals surface area (Å²) in [6, 6.07) is 3.86. The van der Waals surface area contributed by atoms with E-state index in [4.69, 9.17) is 4.74 Å². The van der Waals surface area contributed by atoms with Gasteiger partial charge in [-0.2, -0.15) is 0 Å². The molecule has 0 spiro atoms. The Hall–Kier alpha value is -2.69. The number of carboxylic acids is 1. The molecule has 0 aromatic heterocycles. The Morgan fingerprint density at radius 3 is 1.50 bits per heavy atom. The van der Waals surface area contributed by atoms with Gasteiger partial charge in [0, 0.05) is 28.2 Å². The van der Waals surface area contributed by atoms with Gasteiger partial charge in [0.15, 0.2) is 0 Å². The lowest BCUT2D eigenvalue weighted by Gasteiger charge is -2.36. The predicted molar refractivity (Wildman–Crippen MR) is 151 cm³/mol. The summed E-state index contributed by atoms with van der Waals surface area (Å²) in [5, 5.41) is 30.7. The summed E-state index contributed by atoms with van der Waals surface area (Å²) < 4.78 is 6.23. The second-order valence-electron chi connectivity index (χ2n) is 8.29. The van der Waals surface area contributed by atoms with Crippen LogP contribution in [0, 0.1) is 39.5 Å². The molecule has 0 saturated heterocycles. The van der Waals surface area contributed by atoms with E-state index in [0.29, 0.717) is 29.0 Å². The monoisotopic (exact) mass is 502 g/mol. The third-order valence-corrected chi connectivity index (χ3v) is 6.60. The molecule has 0 radical (unpaired) electrons. The lowest BCUT2D eigenvalue weighted by molar-refractivity contribution is -0.143. The predicted octanol–water partition coefficient (Wildman–Crippen LogP) is 9.17. The van der Waals surface area contributed by atoms with Crippen molar-refractivity contribution in [2.75, 3.05) is 0 Å². The Kier molecular flexibility index (Phi) is 14.3. The second kappa shape index (κ2) is 15.4. The Labute approximate surface area is 219 Å². The molecule has 2 atom stereocenters. The van der Waals surface area contributed by atoms with Crippen molar-refractivity contribution in [3.8, 4) is 23.0 Å². The molecule has 36 heavy (non-hydrogen) atoms. The minimum atomic E-state index is -0.753. The molecule has 2 aliphatic rings. The van der Waals surface area contributed by atoms with E-state index >= 15 is 0 Å². The van der Waals surface area contributed by atoms with Gasteiger partial charge < -0.3 is 20.1 Å². The van der Waals surface area contributed by atoms with Gasteiger partial charge in [-0.25, -0.2) is 0 Å². The summed E-state index contributed by atoms with van der Waals surface area (Å²) in [5.74, 6) is 0.200. The maximum Gasteiger partial charge on any atom is 0.306 e. The number of fused-ring (bicyclic) bond motifs is 2. The zero-order chi connectivity index (χ0) is 28.3. The SMILES string of the molecule is CC.CC.CC.CC.Cc1cc2c(c(C)c1O)Oc1c(cc(C)c(O)c1C)C2C1CCCC1C(=O)O. The number of phenols is 2. The van der Waals surface area contributed by atoms with Crippen LogP contribution in [-0.4, -0.2) is 21.3 Å². The molecule has 2 aromatic rings. The second-order valence-corrected chi connectivity index (χ2v) is 8.29. The molecule has 1 saturated carbocycles. The highest BCUT2D eigenvalue weighted by Gasteiger charge is 2.44. The van der Waals surface area contributed by atoms with Gasteiger partial charge in [0.1, 0.15) is 23.0 Å². The zero-order valence-electron chi connectivity index (χ0n) is 24.7. The first-order valence-corrected chi connectivity index (χ1v) is 13.8. The number of rotatable bonds is 2. The van der Waals surface area contributed by atoms with Crippen molar-refractivity contribution in [3.05, 3.63) is 45.5 Å². The summed E-state index contributed by atoms with van der Waals surface area (Å²) in [6.45, 7) is 23.3. The van der Waals surface area contributed by atoms with E-state index < -0.39 is 11.9 Å². The number of aliphatic carboxylic acids is 1. The number of carboxylic acid groups (broad SMARTS) is 1. The van der Waals surface area contributed by atoms with Crippen molar-refractivity contribution in [3.63, 3.8) is 0 Å². The van der Waals surface area contributed by atoms with Crippen molar-refractivity contribution in [2.24, 2.45) is 11.8 Å². The highest BCUT2D eigenvalue weighted by Crippen LogP contribution is 2.57. The van der Waals surface area contributed by atoms with Crippen LogP contribution in [0.5, 0.6) is 23.0 Å². The molecule has 204 valence electrons. The molecular formula is C31H50O5. The number of aromatic hydroxyl groups is 2. The van der Waals surface area contributed by atoms with Gasteiger partial charge in [-0.15, -0.1) is 0 Å². The van der Waals surface area contributed by atoms with Gasteiger partial charge in [0.2, 0.25) is 0 Å². The van der Waals surface area contributed by atoms with E-state index in [1.54, 1.807) is 0 Å².